The van der Waals surface area contributed by atoms with Gasteiger partial charge in [-0.1, -0.05) is 26.0 Å². The standard InChI is InChI=1S/C15H20N4O2/c1-11(2)12-5-4-6-13(7-12)21-9-15(20)19(3)8-14-16-10-17-18-14/h4-7,10-11H,8-9H2,1-3H3,(H,16,17,18). The number of amides is 1. The van der Waals surface area contributed by atoms with Crippen LogP contribution < -0.4 is 4.74 Å². The molecule has 21 heavy (non-hydrogen) atoms. The van der Waals surface area contributed by atoms with E-state index in [0.29, 0.717) is 24.0 Å². The van der Waals surface area contributed by atoms with Crippen molar-refractivity contribution in [3.63, 3.8) is 0 Å². The van der Waals surface area contributed by atoms with Gasteiger partial charge in [0.1, 0.15) is 17.9 Å². The lowest BCUT2D eigenvalue weighted by molar-refractivity contribution is -0.132. The summed E-state index contributed by atoms with van der Waals surface area (Å²) >= 11 is 0. The molecule has 1 amide bonds. The van der Waals surface area contributed by atoms with Crippen molar-refractivity contribution in [3.05, 3.63) is 42.0 Å². The number of aromatic nitrogens is 3. The number of benzene rings is 1. The van der Waals surface area contributed by atoms with Gasteiger partial charge in [0.15, 0.2) is 6.61 Å². The largest absolute Gasteiger partial charge is 0.484 e. The third kappa shape index (κ3) is 4.30. The Morgan fingerprint density at radius 1 is 1.43 bits per heavy atom. The number of nitrogens with zero attached hydrogens (tertiary/aromatic N) is 3. The van der Waals surface area contributed by atoms with Gasteiger partial charge in [0.25, 0.3) is 5.91 Å². The van der Waals surface area contributed by atoms with E-state index >= 15 is 0 Å². The third-order valence-electron chi connectivity index (χ3n) is 3.16. The summed E-state index contributed by atoms with van der Waals surface area (Å²) in [5.41, 5.74) is 1.19. The second kappa shape index (κ2) is 6.88. The highest BCUT2D eigenvalue weighted by molar-refractivity contribution is 5.77. The number of carbonyl (C=O) groups excluding carboxylic acids is 1. The highest BCUT2D eigenvalue weighted by Crippen LogP contribution is 2.20. The van der Waals surface area contributed by atoms with E-state index in [1.54, 1.807) is 11.9 Å². The summed E-state index contributed by atoms with van der Waals surface area (Å²) in [6.07, 6.45) is 1.42. The fourth-order valence-corrected chi connectivity index (χ4v) is 1.84. The third-order valence-corrected chi connectivity index (χ3v) is 3.16. The topological polar surface area (TPSA) is 71.1 Å². The Morgan fingerprint density at radius 2 is 2.24 bits per heavy atom. The van der Waals surface area contributed by atoms with Crippen LogP contribution in [0.5, 0.6) is 5.75 Å². The van der Waals surface area contributed by atoms with Gasteiger partial charge in [0.05, 0.1) is 6.54 Å². The van der Waals surface area contributed by atoms with Crippen LogP contribution in [-0.4, -0.2) is 39.6 Å². The Labute approximate surface area is 124 Å². The molecule has 0 fully saturated rings. The molecule has 0 saturated carbocycles. The molecule has 0 unspecified atom stereocenters. The molecule has 1 aromatic carbocycles. The predicted octanol–water partition coefficient (Wildman–Crippen LogP) is 1.97. The van der Waals surface area contributed by atoms with Crippen molar-refractivity contribution in [2.75, 3.05) is 13.7 Å². The normalized spacial score (nSPS) is 10.7. The van der Waals surface area contributed by atoms with E-state index in [-0.39, 0.29) is 12.5 Å². The Morgan fingerprint density at radius 3 is 2.90 bits per heavy atom. The van der Waals surface area contributed by atoms with Crippen LogP contribution >= 0.6 is 0 Å². The molecule has 2 rings (SSSR count). The van der Waals surface area contributed by atoms with Gasteiger partial charge >= 0.3 is 0 Å². The molecular weight excluding hydrogens is 268 g/mol. The second-order valence-corrected chi connectivity index (χ2v) is 5.20. The van der Waals surface area contributed by atoms with Gasteiger partial charge in [-0.15, -0.1) is 0 Å². The van der Waals surface area contributed by atoms with Crippen LogP contribution in [0.15, 0.2) is 30.6 Å². The molecular formula is C15H20N4O2. The van der Waals surface area contributed by atoms with Crippen LogP contribution in [0.25, 0.3) is 0 Å². The van der Waals surface area contributed by atoms with Crippen LogP contribution in [-0.2, 0) is 11.3 Å². The lowest BCUT2D eigenvalue weighted by atomic mass is 10.0. The number of likely N-dealkylation sites (N-methyl/N-ethyl adjacent to an activating group) is 1. The molecule has 0 atom stereocenters. The first-order chi connectivity index (χ1) is 10.1. The maximum absolute atomic E-state index is 12.0. The maximum atomic E-state index is 12.0. The van der Waals surface area contributed by atoms with E-state index in [2.05, 4.69) is 35.1 Å². The van der Waals surface area contributed by atoms with Gasteiger partial charge in [0.2, 0.25) is 0 Å². The van der Waals surface area contributed by atoms with Crippen molar-refractivity contribution in [2.24, 2.45) is 0 Å². The van der Waals surface area contributed by atoms with Crippen molar-refractivity contribution >= 4 is 5.91 Å². The molecule has 1 aromatic heterocycles. The van der Waals surface area contributed by atoms with Crippen molar-refractivity contribution in [1.29, 1.82) is 0 Å². The molecule has 0 spiro atoms. The van der Waals surface area contributed by atoms with Gasteiger partial charge in [-0.3, -0.25) is 9.89 Å². The first-order valence-corrected chi connectivity index (χ1v) is 6.87. The summed E-state index contributed by atoms with van der Waals surface area (Å²) in [5.74, 6) is 1.68. The van der Waals surface area contributed by atoms with Gasteiger partial charge in [-0.2, -0.15) is 5.10 Å². The number of nitrogens with one attached hydrogen (secondary N) is 1. The lowest BCUT2D eigenvalue weighted by Gasteiger charge is -2.16. The average molecular weight is 288 g/mol. The van der Waals surface area contributed by atoms with Crippen LogP contribution in [0.2, 0.25) is 0 Å². The van der Waals surface area contributed by atoms with E-state index in [1.165, 1.54) is 11.9 Å². The minimum atomic E-state index is -0.110. The number of hydrogen-bond donors (Lipinski definition) is 1. The molecule has 0 bridgehead atoms. The molecule has 0 saturated heterocycles. The maximum Gasteiger partial charge on any atom is 0.260 e. The van der Waals surface area contributed by atoms with Gasteiger partial charge in [-0.05, 0) is 23.6 Å². The summed E-state index contributed by atoms with van der Waals surface area (Å²) in [6.45, 7) is 4.63. The smallest absolute Gasteiger partial charge is 0.260 e. The molecule has 0 aliphatic rings. The number of carbonyl (C=O) groups is 1. The predicted molar refractivity (Wildman–Crippen MR) is 78.9 cm³/mol. The van der Waals surface area contributed by atoms with Crippen molar-refractivity contribution in [3.8, 4) is 5.75 Å². The van der Waals surface area contributed by atoms with Crippen molar-refractivity contribution in [2.45, 2.75) is 26.3 Å². The van der Waals surface area contributed by atoms with Crippen molar-refractivity contribution in [1.82, 2.24) is 20.1 Å². The fraction of sp³-hybridized carbons (Fsp3) is 0.400. The minimum Gasteiger partial charge on any atom is -0.484 e. The van der Waals surface area contributed by atoms with E-state index in [1.807, 2.05) is 18.2 Å². The van der Waals surface area contributed by atoms with Gasteiger partial charge in [-0.25, -0.2) is 4.98 Å². The Balaban J connectivity index is 1.87. The SMILES string of the molecule is CC(C)c1cccc(OCC(=O)N(C)Cc2ncn[nH]2)c1. The minimum absolute atomic E-state index is 0.00614. The number of hydrogen-bond acceptors (Lipinski definition) is 4. The zero-order valence-electron chi connectivity index (χ0n) is 12.5. The Kier molecular flexibility index (Phi) is 4.92. The Hall–Kier alpha value is -2.37. The van der Waals surface area contributed by atoms with Gasteiger partial charge < -0.3 is 9.64 Å². The second-order valence-electron chi connectivity index (χ2n) is 5.20. The quantitative estimate of drug-likeness (QED) is 0.882. The summed E-state index contributed by atoms with van der Waals surface area (Å²) in [7, 11) is 1.71. The molecule has 0 aliphatic heterocycles. The summed E-state index contributed by atoms with van der Waals surface area (Å²) in [6, 6.07) is 7.81. The summed E-state index contributed by atoms with van der Waals surface area (Å²) < 4.78 is 5.56. The van der Waals surface area contributed by atoms with E-state index in [4.69, 9.17) is 4.74 Å². The lowest BCUT2D eigenvalue weighted by Crippen LogP contribution is -2.31. The van der Waals surface area contributed by atoms with Crippen LogP contribution in [0.4, 0.5) is 0 Å². The van der Waals surface area contributed by atoms with E-state index < -0.39 is 0 Å². The van der Waals surface area contributed by atoms with E-state index in [0.717, 1.165) is 0 Å². The average Bonchev–Trinajstić information content (AvgIpc) is 2.97. The summed E-state index contributed by atoms with van der Waals surface area (Å²) in [4.78, 5) is 17.5. The molecule has 0 radical (unpaired) electrons. The Bertz CT molecular complexity index is 581. The van der Waals surface area contributed by atoms with Crippen LogP contribution in [0.1, 0.15) is 31.2 Å². The van der Waals surface area contributed by atoms with Crippen LogP contribution in [0.3, 0.4) is 0 Å². The number of rotatable bonds is 6. The molecule has 6 heteroatoms. The highest BCUT2D eigenvalue weighted by atomic mass is 16.5. The molecule has 0 aliphatic carbocycles. The molecule has 1 heterocycles. The molecule has 6 nitrogen and oxygen atoms in total. The molecule has 2 aromatic rings. The monoisotopic (exact) mass is 288 g/mol. The fourth-order valence-electron chi connectivity index (χ4n) is 1.84. The first kappa shape index (κ1) is 15.0. The number of H-pyrrole nitrogens is 1. The zero-order chi connectivity index (χ0) is 15.2. The number of ether oxygens (including phenoxy) is 1. The van der Waals surface area contributed by atoms with Crippen molar-refractivity contribution < 1.29 is 9.53 Å². The molecule has 112 valence electrons. The first-order valence-electron chi connectivity index (χ1n) is 6.87. The number of aromatic amines is 1. The van der Waals surface area contributed by atoms with Crippen LogP contribution in [0, 0.1) is 0 Å². The van der Waals surface area contributed by atoms with Gasteiger partial charge in [0, 0.05) is 7.05 Å². The highest BCUT2D eigenvalue weighted by Gasteiger charge is 2.11. The zero-order valence-corrected chi connectivity index (χ0v) is 12.5. The van der Waals surface area contributed by atoms with E-state index in [9.17, 15) is 4.79 Å². The summed E-state index contributed by atoms with van der Waals surface area (Å²) in [5, 5.41) is 6.47. The molecule has 1 N–H and O–H groups in total.